The first-order valence-corrected chi connectivity index (χ1v) is 7.17. The van der Waals surface area contributed by atoms with Crippen molar-refractivity contribution < 1.29 is 0 Å². The Hall–Kier alpha value is -1.49. The second-order valence-corrected chi connectivity index (χ2v) is 6.01. The van der Waals surface area contributed by atoms with Crippen LogP contribution in [0.2, 0.25) is 0 Å². The summed E-state index contributed by atoms with van der Waals surface area (Å²) < 4.78 is 4.66. The van der Waals surface area contributed by atoms with Crippen LogP contribution in [0.4, 0.5) is 5.69 Å². The van der Waals surface area contributed by atoms with Gasteiger partial charge in [0, 0.05) is 17.4 Å². The van der Waals surface area contributed by atoms with Crippen LogP contribution < -0.4 is 11.3 Å². The zero-order chi connectivity index (χ0) is 13.6. The van der Waals surface area contributed by atoms with E-state index in [0.29, 0.717) is 18.2 Å². The van der Waals surface area contributed by atoms with Gasteiger partial charge >= 0.3 is 0 Å². The van der Waals surface area contributed by atoms with Crippen molar-refractivity contribution in [2.24, 2.45) is 7.05 Å². The highest BCUT2D eigenvalue weighted by atomic mass is 79.9. The lowest BCUT2D eigenvalue weighted by atomic mass is 10.2. The standard InChI is InChI=1S/C14H16BrN3O/c1-17-13(10-5-6-10)12(16)14(19)18(17)8-9-3-2-4-11(15)7-9/h2-4,7,10H,5-6,8,16H2,1H3. The zero-order valence-corrected chi connectivity index (χ0v) is 12.4. The second-order valence-electron chi connectivity index (χ2n) is 5.09. The van der Waals surface area contributed by atoms with Crippen molar-refractivity contribution in [3.8, 4) is 0 Å². The maximum atomic E-state index is 12.2. The van der Waals surface area contributed by atoms with Crippen LogP contribution in [0.15, 0.2) is 33.5 Å². The minimum absolute atomic E-state index is 0.0793. The molecule has 5 heteroatoms. The molecule has 1 aromatic heterocycles. The Morgan fingerprint density at radius 1 is 1.42 bits per heavy atom. The van der Waals surface area contributed by atoms with E-state index in [1.54, 1.807) is 4.68 Å². The maximum absolute atomic E-state index is 12.2. The molecule has 0 aliphatic heterocycles. The summed E-state index contributed by atoms with van der Waals surface area (Å²) in [4.78, 5) is 12.2. The van der Waals surface area contributed by atoms with E-state index in [0.717, 1.165) is 28.6 Å². The minimum Gasteiger partial charge on any atom is -0.393 e. The summed E-state index contributed by atoms with van der Waals surface area (Å²) in [5, 5.41) is 0. The Bertz CT molecular complexity index is 682. The summed E-state index contributed by atoms with van der Waals surface area (Å²) >= 11 is 3.45. The van der Waals surface area contributed by atoms with E-state index in [1.807, 2.05) is 36.0 Å². The van der Waals surface area contributed by atoms with E-state index in [4.69, 9.17) is 5.73 Å². The highest BCUT2D eigenvalue weighted by molar-refractivity contribution is 9.10. The fourth-order valence-corrected chi connectivity index (χ4v) is 2.96. The number of nitrogen functional groups attached to an aromatic ring is 1. The normalized spacial score (nSPS) is 14.8. The maximum Gasteiger partial charge on any atom is 0.290 e. The van der Waals surface area contributed by atoms with Crippen LogP contribution >= 0.6 is 15.9 Å². The molecule has 1 aliphatic carbocycles. The molecule has 0 amide bonds. The zero-order valence-electron chi connectivity index (χ0n) is 10.8. The number of anilines is 1. The molecule has 4 nitrogen and oxygen atoms in total. The third-order valence-corrected chi connectivity index (χ3v) is 4.13. The average molecular weight is 322 g/mol. The Morgan fingerprint density at radius 2 is 2.16 bits per heavy atom. The van der Waals surface area contributed by atoms with E-state index >= 15 is 0 Å². The molecule has 0 spiro atoms. The molecule has 0 radical (unpaired) electrons. The summed E-state index contributed by atoms with van der Waals surface area (Å²) in [5.74, 6) is 0.474. The summed E-state index contributed by atoms with van der Waals surface area (Å²) in [7, 11) is 1.92. The van der Waals surface area contributed by atoms with Gasteiger partial charge in [-0.15, -0.1) is 0 Å². The molecule has 19 heavy (non-hydrogen) atoms. The van der Waals surface area contributed by atoms with Gasteiger partial charge in [-0.25, -0.2) is 4.68 Å². The Labute approximate surface area is 119 Å². The van der Waals surface area contributed by atoms with Crippen LogP contribution in [-0.2, 0) is 13.6 Å². The largest absolute Gasteiger partial charge is 0.393 e. The molecule has 0 atom stereocenters. The number of benzene rings is 1. The van der Waals surface area contributed by atoms with Crippen molar-refractivity contribution in [3.05, 3.63) is 50.3 Å². The van der Waals surface area contributed by atoms with Gasteiger partial charge in [-0.3, -0.25) is 9.48 Å². The van der Waals surface area contributed by atoms with Crippen LogP contribution in [0.3, 0.4) is 0 Å². The number of halogens is 1. The average Bonchev–Trinajstić information content (AvgIpc) is 3.16. The molecule has 1 saturated carbocycles. The summed E-state index contributed by atoms with van der Waals surface area (Å²) in [6, 6.07) is 7.98. The van der Waals surface area contributed by atoms with Gasteiger partial charge < -0.3 is 5.73 Å². The highest BCUT2D eigenvalue weighted by Crippen LogP contribution is 2.41. The SMILES string of the molecule is Cn1c(C2CC2)c(N)c(=O)n1Cc1cccc(Br)c1. The van der Waals surface area contributed by atoms with Gasteiger partial charge in [0.15, 0.2) is 0 Å². The van der Waals surface area contributed by atoms with Gasteiger partial charge in [-0.2, -0.15) is 0 Å². The smallest absolute Gasteiger partial charge is 0.290 e. The predicted molar refractivity (Wildman–Crippen MR) is 79.3 cm³/mol. The third kappa shape index (κ3) is 2.23. The van der Waals surface area contributed by atoms with E-state index in [-0.39, 0.29) is 5.56 Å². The van der Waals surface area contributed by atoms with Crippen molar-refractivity contribution in [2.45, 2.75) is 25.3 Å². The van der Waals surface area contributed by atoms with Crippen molar-refractivity contribution in [2.75, 3.05) is 5.73 Å². The van der Waals surface area contributed by atoms with Crippen LogP contribution in [0, 0.1) is 0 Å². The van der Waals surface area contributed by atoms with Crippen LogP contribution in [0.5, 0.6) is 0 Å². The van der Waals surface area contributed by atoms with Gasteiger partial charge in [0.05, 0.1) is 12.2 Å². The quantitative estimate of drug-likeness (QED) is 0.944. The summed E-state index contributed by atoms with van der Waals surface area (Å²) in [6.45, 7) is 0.547. The molecule has 0 saturated heterocycles. The van der Waals surface area contributed by atoms with E-state index in [9.17, 15) is 4.79 Å². The van der Waals surface area contributed by atoms with Gasteiger partial charge in [-0.1, -0.05) is 28.1 Å². The van der Waals surface area contributed by atoms with Gasteiger partial charge in [0.25, 0.3) is 5.56 Å². The molecule has 1 aromatic carbocycles. The third-order valence-electron chi connectivity index (χ3n) is 3.64. The molecule has 1 aliphatic rings. The second kappa shape index (κ2) is 4.56. The Kier molecular flexibility index (Phi) is 3.01. The molecular formula is C14H16BrN3O. The van der Waals surface area contributed by atoms with Gasteiger partial charge in [0.2, 0.25) is 0 Å². The molecule has 1 fully saturated rings. The summed E-state index contributed by atoms with van der Waals surface area (Å²) in [6.07, 6.45) is 2.27. The Balaban J connectivity index is 2.01. The van der Waals surface area contributed by atoms with Crippen LogP contribution in [0.25, 0.3) is 0 Å². The molecular weight excluding hydrogens is 306 g/mol. The van der Waals surface area contributed by atoms with E-state index in [2.05, 4.69) is 15.9 Å². The first-order chi connectivity index (χ1) is 9.08. The van der Waals surface area contributed by atoms with E-state index in [1.165, 1.54) is 0 Å². The predicted octanol–water partition coefficient (Wildman–Crippen LogP) is 2.46. The summed E-state index contributed by atoms with van der Waals surface area (Å²) in [5.41, 5.74) is 8.39. The molecule has 100 valence electrons. The topological polar surface area (TPSA) is 52.9 Å². The molecule has 0 unspecified atom stereocenters. The number of hydrogen-bond donors (Lipinski definition) is 1. The first-order valence-electron chi connectivity index (χ1n) is 6.37. The molecule has 1 heterocycles. The lowest BCUT2D eigenvalue weighted by Crippen LogP contribution is -2.23. The van der Waals surface area contributed by atoms with Crippen molar-refractivity contribution in [1.29, 1.82) is 0 Å². The lowest BCUT2D eigenvalue weighted by molar-refractivity contribution is 0.518. The Morgan fingerprint density at radius 3 is 2.79 bits per heavy atom. The molecule has 0 bridgehead atoms. The first kappa shape index (κ1) is 12.5. The fraction of sp³-hybridized carbons (Fsp3) is 0.357. The van der Waals surface area contributed by atoms with Crippen LogP contribution in [0.1, 0.15) is 30.0 Å². The monoisotopic (exact) mass is 321 g/mol. The number of rotatable bonds is 3. The molecule has 2 N–H and O–H groups in total. The highest BCUT2D eigenvalue weighted by Gasteiger charge is 2.31. The number of nitrogens with two attached hydrogens (primary N) is 1. The molecule has 2 aromatic rings. The minimum atomic E-state index is -0.0793. The number of aromatic nitrogens is 2. The number of hydrogen-bond acceptors (Lipinski definition) is 2. The fourth-order valence-electron chi connectivity index (χ4n) is 2.52. The molecule has 3 rings (SSSR count). The van der Waals surface area contributed by atoms with Crippen molar-refractivity contribution >= 4 is 21.6 Å². The van der Waals surface area contributed by atoms with Crippen molar-refractivity contribution in [1.82, 2.24) is 9.36 Å². The van der Waals surface area contributed by atoms with Gasteiger partial charge in [-0.05, 0) is 30.5 Å². The van der Waals surface area contributed by atoms with Crippen LogP contribution in [-0.4, -0.2) is 9.36 Å². The van der Waals surface area contributed by atoms with Gasteiger partial charge in [0.1, 0.15) is 5.69 Å². The lowest BCUT2D eigenvalue weighted by Gasteiger charge is -2.10. The van der Waals surface area contributed by atoms with E-state index < -0.39 is 0 Å². The van der Waals surface area contributed by atoms with Crippen molar-refractivity contribution in [3.63, 3.8) is 0 Å². The number of nitrogens with zero attached hydrogens (tertiary/aromatic N) is 2.